The molecule has 4 heterocycles. The maximum atomic E-state index is 13.1. The lowest BCUT2D eigenvalue weighted by atomic mass is 10.1. The van der Waals surface area contributed by atoms with Crippen LogP contribution in [-0.2, 0) is 0 Å². The van der Waals surface area contributed by atoms with Crippen LogP contribution >= 0.6 is 0 Å². The molecule has 7 heteroatoms. The molecule has 0 saturated heterocycles. The van der Waals surface area contributed by atoms with Crippen LogP contribution in [0.2, 0.25) is 0 Å². The van der Waals surface area contributed by atoms with E-state index in [0.717, 1.165) is 16.6 Å². The molecule has 0 aliphatic carbocycles. The molecule has 0 radical (unpaired) electrons. The second-order valence-corrected chi connectivity index (χ2v) is 6.34. The van der Waals surface area contributed by atoms with Gasteiger partial charge >= 0.3 is 0 Å². The number of pyridine rings is 3. The number of fused-ring (bicyclic) bond motifs is 1. The third-order valence-electron chi connectivity index (χ3n) is 4.60. The van der Waals surface area contributed by atoms with Crippen LogP contribution in [0.25, 0.3) is 5.52 Å². The smallest absolute Gasteiger partial charge is 0.271 e. The van der Waals surface area contributed by atoms with E-state index in [-0.39, 0.29) is 11.7 Å². The molecule has 1 amide bonds. The Kier molecular flexibility index (Phi) is 4.94. The fourth-order valence-electron chi connectivity index (χ4n) is 3.16. The largest absolute Gasteiger partial charge is 0.313 e. The Morgan fingerprint density at radius 3 is 2.31 bits per heavy atom. The molecule has 0 aliphatic heterocycles. The van der Waals surface area contributed by atoms with Crippen molar-refractivity contribution < 1.29 is 9.59 Å². The summed E-state index contributed by atoms with van der Waals surface area (Å²) in [6, 6.07) is 12.2. The Morgan fingerprint density at radius 1 is 0.966 bits per heavy atom. The number of hydrogen-bond donors (Lipinski definition) is 1. The van der Waals surface area contributed by atoms with E-state index in [2.05, 4.69) is 20.5 Å². The third kappa shape index (κ3) is 3.53. The molecule has 4 aromatic heterocycles. The fraction of sp³-hybridized carbons (Fsp3) is 0.0455. The van der Waals surface area contributed by atoms with Gasteiger partial charge in [0, 0.05) is 47.7 Å². The van der Waals surface area contributed by atoms with Gasteiger partial charge in [0.1, 0.15) is 0 Å². The molecule has 0 atom stereocenters. The zero-order valence-electron chi connectivity index (χ0n) is 15.6. The highest BCUT2D eigenvalue weighted by Gasteiger charge is 2.20. The summed E-state index contributed by atoms with van der Waals surface area (Å²) in [6.45, 7) is 1.87. The number of hydrazone groups is 1. The van der Waals surface area contributed by atoms with Crippen LogP contribution in [-0.4, -0.2) is 32.3 Å². The van der Waals surface area contributed by atoms with E-state index in [1.165, 1.54) is 0 Å². The first-order chi connectivity index (χ1) is 14.2. The van der Waals surface area contributed by atoms with Gasteiger partial charge in [0.15, 0.2) is 0 Å². The topological polar surface area (TPSA) is 88.7 Å². The van der Waals surface area contributed by atoms with Crippen LogP contribution in [0, 0.1) is 6.92 Å². The molecule has 0 spiro atoms. The van der Waals surface area contributed by atoms with Gasteiger partial charge in [-0.2, -0.15) is 5.10 Å². The van der Waals surface area contributed by atoms with Gasteiger partial charge in [0.2, 0.25) is 5.78 Å². The molecule has 7 nitrogen and oxygen atoms in total. The average Bonchev–Trinajstić information content (AvgIpc) is 3.06. The summed E-state index contributed by atoms with van der Waals surface area (Å²) in [5, 5.41) is 4.09. The Balaban J connectivity index is 1.69. The molecule has 1 N–H and O–H groups in total. The lowest BCUT2D eigenvalue weighted by Gasteiger charge is -2.03. The minimum atomic E-state index is -0.335. The van der Waals surface area contributed by atoms with Crippen molar-refractivity contribution in [2.75, 3.05) is 0 Å². The number of hydrogen-bond acceptors (Lipinski definition) is 5. The average molecular weight is 383 g/mol. The number of aromatic nitrogens is 3. The molecule has 0 bridgehead atoms. The number of rotatable bonds is 5. The highest BCUT2D eigenvalue weighted by atomic mass is 16.2. The number of carbonyl (C=O) groups is 2. The highest BCUT2D eigenvalue weighted by molar-refractivity contribution is 6.12. The lowest BCUT2D eigenvalue weighted by molar-refractivity contribution is 0.0954. The minimum absolute atomic E-state index is 0.105. The zero-order chi connectivity index (χ0) is 20.2. The molecular weight excluding hydrogens is 366 g/mol. The Bertz CT molecular complexity index is 1210. The Labute approximate surface area is 166 Å². The number of nitrogens with zero attached hydrogens (tertiary/aromatic N) is 4. The molecule has 0 saturated carbocycles. The maximum absolute atomic E-state index is 13.1. The number of ketones is 1. The summed E-state index contributed by atoms with van der Waals surface area (Å²) in [7, 11) is 0. The summed E-state index contributed by atoms with van der Waals surface area (Å²) < 4.78 is 1.84. The third-order valence-corrected chi connectivity index (χ3v) is 4.60. The van der Waals surface area contributed by atoms with E-state index in [4.69, 9.17) is 0 Å². The first-order valence-electron chi connectivity index (χ1n) is 8.94. The van der Waals surface area contributed by atoms with Gasteiger partial charge in [-0.05, 0) is 48.9 Å². The molecule has 4 aromatic rings. The van der Waals surface area contributed by atoms with E-state index in [9.17, 15) is 9.59 Å². The van der Waals surface area contributed by atoms with E-state index < -0.39 is 0 Å². The molecule has 0 aromatic carbocycles. The van der Waals surface area contributed by atoms with Crippen LogP contribution in [0.15, 0.2) is 78.6 Å². The summed E-state index contributed by atoms with van der Waals surface area (Å²) in [5.74, 6) is -0.440. The molecular formula is C22H17N5O2. The van der Waals surface area contributed by atoms with Crippen molar-refractivity contribution in [1.29, 1.82) is 0 Å². The van der Waals surface area contributed by atoms with Crippen molar-refractivity contribution in [2.45, 2.75) is 6.92 Å². The van der Waals surface area contributed by atoms with E-state index in [1.54, 1.807) is 55.3 Å². The standard InChI is InChI=1S/C22H17N5O2/c1-15-18(14-25-26-22(29)17-7-11-24-12-8-17)19-4-2-3-13-27(19)20(15)21(28)16-5-9-23-10-6-16/h2-14H,1H3,(H,26,29). The predicted molar refractivity (Wildman–Crippen MR) is 109 cm³/mol. The molecule has 29 heavy (non-hydrogen) atoms. The van der Waals surface area contributed by atoms with Crippen molar-refractivity contribution in [3.8, 4) is 0 Å². The van der Waals surface area contributed by atoms with E-state index in [1.807, 2.05) is 35.7 Å². The Morgan fingerprint density at radius 2 is 1.62 bits per heavy atom. The van der Waals surface area contributed by atoms with Gasteiger partial charge in [0.25, 0.3) is 5.91 Å². The normalized spacial score (nSPS) is 11.1. The summed E-state index contributed by atoms with van der Waals surface area (Å²) in [4.78, 5) is 33.1. The van der Waals surface area contributed by atoms with Crippen molar-refractivity contribution in [3.63, 3.8) is 0 Å². The number of nitrogens with one attached hydrogen (secondary N) is 1. The zero-order valence-corrected chi connectivity index (χ0v) is 15.6. The molecule has 0 aliphatic rings. The van der Waals surface area contributed by atoms with Gasteiger partial charge in [-0.15, -0.1) is 0 Å². The van der Waals surface area contributed by atoms with Gasteiger partial charge in [0.05, 0.1) is 17.4 Å². The molecule has 4 rings (SSSR count). The SMILES string of the molecule is Cc1c(C=NNC(=O)c2ccncc2)c2ccccn2c1C(=O)c1ccncc1. The van der Waals surface area contributed by atoms with Gasteiger partial charge in [-0.1, -0.05) is 6.07 Å². The summed E-state index contributed by atoms with van der Waals surface area (Å²) in [6.07, 6.45) is 9.67. The van der Waals surface area contributed by atoms with Crippen molar-refractivity contribution >= 4 is 23.4 Å². The molecule has 0 unspecified atom stereocenters. The maximum Gasteiger partial charge on any atom is 0.271 e. The van der Waals surface area contributed by atoms with Crippen molar-refractivity contribution in [2.24, 2.45) is 5.10 Å². The van der Waals surface area contributed by atoms with E-state index in [0.29, 0.717) is 16.8 Å². The number of amides is 1. The summed E-state index contributed by atoms with van der Waals surface area (Å²) >= 11 is 0. The first kappa shape index (κ1) is 18.2. The van der Waals surface area contributed by atoms with Gasteiger partial charge < -0.3 is 4.40 Å². The Hall–Kier alpha value is -4.13. The van der Waals surface area contributed by atoms with Crippen LogP contribution in [0.3, 0.4) is 0 Å². The fourth-order valence-corrected chi connectivity index (χ4v) is 3.16. The van der Waals surface area contributed by atoms with Gasteiger partial charge in [-0.25, -0.2) is 5.43 Å². The molecule has 142 valence electrons. The van der Waals surface area contributed by atoms with Crippen LogP contribution < -0.4 is 5.43 Å². The lowest BCUT2D eigenvalue weighted by Crippen LogP contribution is -2.17. The number of carbonyl (C=O) groups excluding carboxylic acids is 2. The first-order valence-corrected chi connectivity index (χ1v) is 8.94. The van der Waals surface area contributed by atoms with Crippen LogP contribution in [0.1, 0.15) is 37.5 Å². The highest BCUT2D eigenvalue weighted by Crippen LogP contribution is 2.24. The monoisotopic (exact) mass is 383 g/mol. The predicted octanol–water partition coefficient (Wildman–Crippen LogP) is 3.03. The van der Waals surface area contributed by atoms with E-state index >= 15 is 0 Å². The quantitative estimate of drug-likeness (QED) is 0.326. The van der Waals surface area contributed by atoms with Crippen molar-refractivity contribution in [3.05, 3.63) is 101 Å². The minimum Gasteiger partial charge on any atom is -0.313 e. The van der Waals surface area contributed by atoms with Crippen LogP contribution in [0.4, 0.5) is 0 Å². The van der Waals surface area contributed by atoms with Gasteiger partial charge in [-0.3, -0.25) is 19.6 Å². The van der Waals surface area contributed by atoms with Crippen molar-refractivity contribution in [1.82, 2.24) is 19.8 Å². The van der Waals surface area contributed by atoms with Crippen LogP contribution in [0.5, 0.6) is 0 Å². The summed E-state index contributed by atoms with van der Waals surface area (Å²) in [5.41, 5.74) is 6.44. The second kappa shape index (κ2) is 7.85. The second-order valence-electron chi connectivity index (χ2n) is 6.34. The molecule has 0 fully saturated rings.